The highest BCUT2D eigenvalue weighted by Gasteiger charge is 2.41. The molecule has 10 unspecified atom stereocenters. The van der Waals surface area contributed by atoms with Gasteiger partial charge in [-0.15, -0.1) is 0 Å². The predicted molar refractivity (Wildman–Crippen MR) is 169 cm³/mol. The van der Waals surface area contributed by atoms with Crippen molar-refractivity contribution < 1.29 is 36.6 Å². The van der Waals surface area contributed by atoms with Crippen LogP contribution in [0.15, 0.2) is 24.3 Å². The molecule has 2 rings (SSSR count). The van der Waals surface area contributed by atoms with Gasteiger partial charge in [-0.25, -0.2) is 8.42 Å². The first-order chi connectivity index (χ1) is 19.5. The lowest BCUT2D eigenvalue weighted by atomic mass is 9.64. The number of carbonyl (C=O) groups excluding carboxylic acids is 2. The molecule has 0 spiro atoms. The molecule has 242 valence electrons. The third-order valence-electron chi connectivity index (χ3n) is 9.37. The quantitative estimate of drug-likeness (QED) is 0.116. The van der Waals surface area contributed by atoms with E-state index in [-0.39, 0.29) is 97.2 Å². The Hall–Kier alpha value is -1.04. The summed E-state index contributed by atoms with van der Waals surface area (Å²) in [5, 5.41) is -1.45. The number of hydrogen-bond acceptors (Lipinski definition) is 6. The molecule has 0 aromatic rings. The highest BCUT2D eigenvalue weighted by Crippen LogP contribution is 2.43. The molecular weight excluding hydrogens is 576 g/mol. The third kappa shape index (κ3) is 10.3. The van der Waals surface area contributed by atoms with Gasteiger partial charge in [0.25, 0.3) is 0 Å². The fraction of sp³-hybridized carbons (Fsp3) is 0.812. The molecule has 0 aliphatic heterocycles. The number of Topliss-reactive ketones (excluding diaryl/α,β-unsaturated/α-hetero) is 2. The molecule has 0 aromatic carbocycles. The van der Waals surface area contributed by atoms with Gasteiger partial charge in [0.2, 0.25) is 0 Å². The fourth-order valence-electron chi connectivity index (χ4n) is 7.04. The number of hydrogen-bond donors (Lipinski definition) is 2. The van der Waals surface area contributed by atoms with Crippen LogP contribution in [0.25, 0.3) is 0 Å². The van der Waals surface area contributed by atoms with Crippen molar-refractivity contribution in [3.63, 3.8) is 0 Å². The molecule has 0 saturated carbocycles. The van der Waals surface area contributed by atoms with Gasteiger partial charge in [-0.3, -0.25) is 9.59 Å². The van der Waals surface area contributed by atoms with Crippen LogP contribution in [0.5, 0.6) is 0 Å². The van der Waals surface area contributed by atoms with Gasteiger partial charge in [0.1, 0.15) is 11.6 Å². The number of carbonyl (C=O) groups is 2. The first kappa shape index (κ1) is 37.1. The zero-order chi connectivity index (χ0) is 31.8. The second-order valence-electron chi connectivity index (χ2n) is 14.0. The van der Waals surface area contributed by atoms with Crippen molar-refractivity contribution in [3.8, 4) is 0 Å². The Morgan fingerprint density at radius 1 is 0.762 bits per heavy atom. The van der Waals surface area contributed by atoms with Crippen molar-refractivity contribution in [3.05, 3.63) is 24.3 Å². The molecular formula is C32H54O8S2. The first-order valence-corrected chi connectivity index (χ1v) is 17.6. The minimum absolute atomic E-state index is 0.00545. The van der Waals surface area contributed by atoms with Crippen LogP contribution in [-0.4, -0.2) is 66.0 Å². The number of ketones is 2. The average Bonchev–Trinajstić information content (AvgIpc) is 2.83. The van der Waals surface area contributed by atoms with Crippen LogP contribution in [-0.2, 0) is 41.2 Å². The molecule has 0 amide bonds. The minimum Gasteiger partial charge on any atom is -0.378 e. The van der Waals surface area contributed by atoms with Crippen molar-refractivity contribution in [2.45, 2.75) is 91.6 Å². The van der Waals surface area contributed by atoms with E-state index >= 15 is 0 Å². The predicted octanol–water partition coefficient (Wildman–Crippen LogP) is 5.87. The summed E-state index contributed by atoms with van der Waals surface area (Å²) in [6.45, 7) is 16.3. The van der Waals surface area contributed by atoms with Crippen molar-refractivity contribution in [2.24, 2.45) is 46.3 Å². The molecule has 0 aromatic heterocycles. The van der Waals surface area contributed by atoms with Gasteiger partial charge in [-0.05, 0) is 47.3 Å². The van der Waals surface area contributed by atoms with E-state index in [1.54, 1.807) is 0 Å². The van der Waals surface area contributed by atoms with Crippen molar-refractivity contribution in [1.82, 2.24) is 0 Å². The molecule has 0 bridgehead atoms. The van der Waals surface area contributed by atoms with E-state index in [0.29, 0.717) is 0 Å². The van der Waals surface area contributed by atoms with Gasteiger partial charge in [0, 0.05) is 24.7 Å². The Bertz CT molecular complexity index is 940. The van der Waals surface area contributed by atoms with E-state index in [4.69, 9.17) is 9.47 Å². The van der Waals surface area contributed by atoms with E-state index in [2.05, 4.69) is 52.0 Å². The van der Waals surface area contributed by atoms with Crippen molar-refractivity contribution in [1.29, 1.82) is 0 Å². The van der Waals surface area contributed by atoms with Crippen LogP contribution in [0.1, 0.15) is 81.1 Å². The highest BCUT2D eigenvalue weighted by atomic mass is 32.2. The summed E-state index contributed by atoms with van der Waals surface area (Å²) in [5.41, 5.74) is -0.314. The van der Waals surface area contributed by atoms with Gasteiger partial charge in [-0.1, -0.05) is 79.7 Å². The summed E-state index contributed by atoms with van der Waals surface area (Å²) in [4.78, 5) is 26.4. The smallest absolute Gasteiger partial charge is 0.158 e. The second kappa shape index (κ2) is 16.3. The monoisotopic (exact) mass is 630 g/mol. The van der Waals surface area contributed by atoms with Gasteiger partial charge >= 0.3 is 0 Å². The molecule has 42 heavy (non-hydrogen) atoms. The number of allylic oxidation sites excluding steroid dienone is 4. The van der Waals surface area contributed by atoms with Gasteiger partial charge in [-0.2, -0.15) is 0 Å². The summed E-state index contributed by atoms with van der Waals surface area (Å²) < 4.78 is 55.3. The summed E-state index contributed by atoms with van der Waals surface area (Å²) in [5.74, 6) is -0.493. The zero-order valence-electron chi connectivity index (χ0n) is 26.7. The summed E-state index contributed by atoms with van der Waals surface area (Å²) in [6.07, 6.45) is 10.5. The zero-order valence-corrected chi connectivity index (χ0v) is 28.4. The normalized spacial score (nSPS) is 29.3. The van der Waals surface area contributed by atoms with Crippen LogP contribution in [0.3, 0.4) is 0 Å². The topological polar surface area (TPSA) is 127 Å². The molecule has 10 atom stereocenters. The van der Waals surface area contributed by atoms with Gasteiger partial charge in [0.15, 0.2) is 22.2 Å². The summed E-state index contributed by atoms with van der Waals surface area (Å²) >= 11 is -4.34. The summed E-state index contributed by atoms with van der Waals surface area (Å²) in [6, 6.07) is 0. The lowest BCUT2D eigenvalue weighted by molar-refractivity contribution is -0.130. The van der Waals surface area contributed by atoms with Gasteiger partial charge < -0.3 is 18.6 Å². The molecule has 2 N–H and O–H groups in total. The van der Waals surface area contributed by atoms with Gasteiger partial charge in [0.05, 0.1) is 36.9 Å². The molecule has 0 saturated heterocycles. The number of rotatable bonds is 17. The lowest BCUT2D eigenvalue weighted by Gasteiger charge is -2.39. The van der Waals surface area contributed by atoms with E-state index in [1.165, 1.54) is 0 Å². The molecule has 2 aliphatic rings. The molecule has 0 heterocycles. The second-order valence-corrected chi connectivity index (χ2v) is 16.3. The lowest BCUT2D eigenvalue weighted by Crippen LogP contribution is -2.40. The first-order valence-electron chi connectivity index (χ1n) is 15.2. The van der Waals surface area contributed by atoms with Crippen LogP contribution in [0.2, 0.25) is 0 Å². The molecule has 10 heteroatoms. The highest BCUT2D eigenvalue weighted by molar-refractivity contribution is 7.80. The van der Waals surface area contributed by atoms with Crippen LogP contribution in [0, 0.1) is 46.3 Å². The Labute approximate surface area is 258 Å². The Kier molecular flexibility index (Phi) is 14.4. The van der Waals surface area contributed by atoms with Crippen LogP contribution in [0.4, 0.5) is 0 Å². The standard InChI is InChI=1S/C32H54O8S2/c1-21-11-9-13-31(5,6)29(21)25(33)17-23(3)27(41(35)36)19-39-15-16-40-20-28(42(37)38)24(4)18-26(34)30-22(2)12-10-14-32(30,7)8/h9-12,21-24,27-30H,13-20H2,1-8H3,(H,35,36)(H,37,38). The SMILES string of the molecule is CC1C=CCC(C)(C)C1C(=O)CC(C)C(COCCOCC(C(C)CC(=O)C1C(C)C=CCC1(C)C)S(=O)O)S(=O)O. The van der Waals surface area contributed by atoms with Crippen LogP contribution >= 0.6 is 0 Å². The van der Waals surface area contributed by atoms with Crippen LogP contribution < -0.4 is 0 Å². The Morgan fingerprint density at radius 3 is 1.38 bits per heavy atom. The molecule has 0 radical (unpaired) electrons. The third-order valence-corrected chi connectivity index (χ3v) is 11.6. The maximum Gasteiger partial charge on any atom is 0.158 e. The molecule has 2 aliphatic carbocycles. The van der Waals surface area contributed by atoms with E-state index in [9.17, 15) is 27.1 Å². The molecule has 0 fully saturated rings. The maximum absolute atomic E-state index is 13.2. The maximum atomic E-state index is 13.2. The minimum atomic E-state index is -2.17. The Morgan fingerprint density at radius 2 is 1.10 bits per heavy atom. The largest absolute Gasteiger partial charge is 0.378 e. The van der Waals surface area contributed by atoms with E-state index in [0.717, 1.165) is 12.8 Å². The van der Waals surface area contributed by atoms with Crippen molar-refractivity contribution in [2.75, 3.05) is 26.4 Å². The molecule has 8 nitrogen and oxygen atoms in total. The average molecular weight is 631 g/mol. The Balaban J connectivity index is 1.82. The van der Waals surface area contributed by atoms with E-state index < -0.39 is 32.7 Å². The summed E-state index contributed by atoms with van der Waals surface area (Å²) in [7, 11) is 0. The number of ether oxygens (including phenoxy) is 2. The fourth-order valence-corrected chi connectivity index (χ4v) is 8.45. The van der Waals surface area contributed by atoms with E-state index in [1.807, 2.05) is 27.7 Å². The van der Waals surface area contributed by atoms with Crippen molar-refractivity contribution >= 4 is 33.7 Å².